The number of thiazole rings is 1. The minimum absolute atomic E-state index is 0.536. The van der Waals surface area contributed by atoms with Crippen molar-refractivity contribution in [3.63, 3.8) is 0 Å². The molecule has 2 aromatic rings. The third kappa shape index (κ3) is 2.40. The number of aromatic nitrogens is 3. The molecule has 0 aromatic carbocycles. The Bertz CT molecular complexity index is 372. The maximum absolute atomic E-state index is 5.69. The fourth-order valence-corrected chi connectivity index (χ4v) is 3.69. The van der Waals surface area contributed by atoms with Gasteiger partial charge in [0.05, 0.1) is 0 Å². The Kier molecular flexibility index (Phi) is 2.83. The predicted molar refractivity (Wildman–Crippen MR) is 55.9 cm³/mol. The van der Waals surface area contributed by atoms with Crippen molar-refractivity contribution >= 4 is 46.0 Å². The summed E-state index contributed by atoms with van der Waals surface area (Å²) in [5.74, 6) is 0. The fourth-order valence-electron chi connectivity index (χ4n) is 0.680. The van der Waals surface area contributed by atoms with E-state index in [0.717, 1.165) is 13.7 Å². The lowest BCUT2D eigenvalue weighted by Gasteiger charge is -1.86. The topological polar surface area (TPSA) is 38.7 Å². The Morgan fingerprint density at radius 3 is 2.77 bits per heavy atom. The van der Waals surface area contributed by atoms with E-state index in [2.05, 4.69) is 15.2 Å². The van der Waals surface area contributed by atoms with Crippen LogP contribution in [0.5, 0.6) is 0 Å². The van der Waals surface area contributed by atoms with Gasteiger partial charge in [-0.1, -0.05) is 22.9 Å². The molecular weight excluding hydrogens is 246 g/mol. The first kappa shape index (κ1) is 9.39. The van der Waals surface area contributed by atoms with Crippen LogP contribution in [0, 0.1) is 6.92 Å². The van der Waals surface area contributed by atoms with Crippen molar-refractivity contribution in [3.8, 4) is 0 Å². The summed E-state index contributed by atoms with van der Waals surface area (Å²) in [6.07, 6.45) is 0. The standard InChI is InChI=1S/C6H4ClN3S3/c1-3-9-10-6(12-3)13-5-8-4(7)2-11-5/h2H,1H3. The van der Waals surface area contributed by atoms with Crippen molar-refractivity contribution in [1.82, 2.24) is 15.2 Å². The minimum atomic E-state index is 0.536. The largest absolute Gasteiger partial charge is 0.218 e. The van der Waals surface area contributed by atoms with Crippen molar-refractivity contribution in [1.29, 1.82) is 0 Å². The Hall–Kier alpha value is -0.170. The highest BCUT2D eigenvalue weighted by atomic mass is 35.5. The maximum atomic E-state index is 5.69. The van der Waals surface area contributed by atoms with E-state index in [1.54, 1.807) is 16.7 Å². The first-order chi connectivity index (χ1) is 6.24. The Morgan fingerprint density at radius 1 is 1.38 bits per heavy atom. The van der Waals surface area contributed by atoms with E-state index in [1.165, 1.54) is 23.1 Å². The summed E-state index contributed by atoms with van der Waals surface area (Å²) in [5, 5.41) is 11.2. The zero-order valence-corrected chi connectivity index (χ0v) is 9.73. The van der Waals surface area contributed by atoms with Gasteiger partial charge in [-0.25, -0.2) is 4.98 Å². The second-order valence-electron chi connectivity index (χ2n) is 2.13. The highest BCUT2D eigenvalue weighted by Gasteiger charge is 2.06. The van der Waals surface area contributed by atoms with Crippen LogP contribution < -0.4 is 0 Å². The second-order valence-corrected chi connectivity index (χ2v) is 6.05. The molecule has 0 bridgehead atoms. The number of hydrogen-bond donors (Lipinski definition) is 0. The van der Waals surface area contributed by atoms with Crippen molar-refractivity contribution in [3.05, 3.63) is 15.5 Å². The van der Waals surface area contributed by atoms with Gasteiger partial charge in [0.15, 0.2) is 8.68 Å². The van der Waals surface area contributed by atoms with E-state index in [0.29, 0.717) is 5.15 Å². The van der Waals surface area contributed by atoms with Crippen LogP contribution >= 0.6 is 46.0 Å². The summed E-state index contributed by atoms with van der Waals surface area (Å²) in [6.45, 7) is 1.93. The quantitative estimate of drug-likeness (QED) is 0.820. The maximum Gasteiger partial charge on any atom is 0.181 e. The van der Waals surface area contributed by atoms with Crippen LogP contribution in [-0.2, 0) is 0 Å². The highest BCUT2D eigenvalue weighted by molar-refractivity contribution is 8.02. The Labute approximate surface area is 92.2 Å². The SMILES string of the molecule is Cc1nnc(Sc2nc(Cl)cs2)s1. The Morgan fingerprint density at radius 2 is 2.23 bits per heavy atom. The van der Waals surface area contributed by atoms with Crippen molar-refractivity contribution in [2.75, 3.05) is 0 Å². The number of halogens is 1. The summed E-state index contributed by atoms with van der Waals surface area (Å²) in [7, 11) is 0. The summed E-state index contributed by atoms with van der Waals surface area (Å²) in [4.78, 5) is 4.10. The van der Waals surface area contributed by atoms with Gasteiger partial charge >= 0.3 is 0 Å². The van der Waals surface area contributed by atoms with Crippen LogP contribution in [0.1, 0.15) is 5.01 Å². The van der Waals surface area contributed by atoms with Gasteiger partial charge < -0.3 is 0 Å². The normalized spacial score (nSPS) is 10.6. The number of rotatable bonds is 2. The molecule has 3 nitrogen and oxygen atoms in total. The van der Waals surface area contributed by atoms with Gasteiger partial charge in [-0.15, -0.1) is 21.5 Å². The van der Waals surface area contributed by atoms with E-state index in [1.807, 2.05) is 6.92 Å². The first-order valence-electron chi connectivity index (χ1n) is 3.33. The molecule has 2 rings (SSSR count). The lowest BCUT2D eigenvalue weighted by Crippen LogP contribution is -1.71. The molecule has 0 spiro atoms. The molecule has 0 unspecified atom stereocenters. The number of aryl methyl sites for hydroxylation is 1. The smallest absolute Gasteiger partial charge is 0.181 e. The van der Waals surface area contributed by atoms with Crippen LogP contribution in [-0.4, -0.2) is 15.2 Å². The van der Waals surface area contributed by atoms with Crippen LogP contribution in [0.2, 0.25) is 5.15 Å². The molecule has 2 aromatic heterocycles. The van der Waals surface area contributed by atoms with Crippen LogP contribution in [0.25, 0.3) is 0 Å². The van der Waals surface area contributed by atoms with E-state index in [4.69, 9.17) is 11.6 Å². The van der Waals surface area contributed by atoms with Crippen molar-refractivity contribution in [2.24, 2.45) is 0 Å². The van der Waals surface area contributed by atoms with Gasteiger partial charge in [-0.3, -0.25) is 0 Å². The monoisotopic (exact) mass is 249 g/mol. The van der Waals surface area contributed by atoms with E-state index in [9.17, 15) is 0 Å². The fraction of sp³-hybridized carbons (Fsp3) is 0.167. The van der Waals surface area contributed by atoms with Gasteiger partial charge in [0, 0.05) is 5.38 Å². The molecule has 0 saturated heterocycles. The molecule has 0 amide bonds. The lowest BCUT2D eigenvalue weighted by molar-refractivity contribution is 0.983. The summed E-state index contributed by atoms with van der Waals surface area (Å²) < 4.78 is 1.81. The molecule has 0 radical (unpaired) electrons. The second kappa shape index (κ2) is 3.91. The van der Waals surface area contributed by atoms with Crippen LogP contribution in [0.15, 0.2) is 14.1 Å². The molecule has 0 N–H and O–H groups in total. The zero-order chi connectivity index (χ0) is 9.26. The molecule has 0 aliphatic heterocycles. The average molecular weight is 250 g/mol. The summed E-state index contributed by atoms with van der Waals surface area (Å²) >= 11 is 10.3. The molecule has 0 aliphatic carbocycles. The molecule has 0 aliphatic rings. The van der Waals surface area contributed by atoms with Crippen LogP contribution in [0.3, 0.4) is 0 Å². The van der Waals surface area contributed by atoms with Crippen LogP contribution in [0.4, 0.5) is 0 Å². The third-order valence-corrected chi connectivity index (χ3v) is 4.29. The molecule has 0 atom stereocenters. The van der Waals surface area contributed by atoms with Gasteiger partial charge in [-0.05, 0) is 18.7 Å². The average Bonchev–Trinajstić information content (AvgIpc) is 2.62. The third-order valence-electron chi connectivity index (χ3n) is 1.14. The molecule has 0 fully saturated rings. The molecule has 7 heteroatoms. The molecule has 2 heterocycles. The first-order valence-corrected chi connectivity index (χ1v) is 6.22. The van der Waals surface area contributed by atoms with Gasteiger partial charge in [0.1, 0.15) is 10.2 Å². The van der Waals surface area contributed by atoms with E-state index < -0.39 is 0 Å². The van der Waals surface area contributed by atoms with Crippen molar-refractivity contribution in [2.45, 2.75) is 15.6 Å². The highest BCUT2D eigenvalue weighted by Crippen LogP contribution is 2.32. The minimum Gasteiger partial charge on any atom is -0.218 e. The van der Waals surface area contributed by atoms with Gasteiger partial charge in [0.25, 0.3) is 0 Å². The predicted octanol–water partition coefficient (Wildman–Crippen LogP) is 3.11. The lowest BCUT2D eigenvalue weighted by atomic mass is 10.9. The molecule has 68 valence electrons. The van der Waals surface area contributed by atoms with E-state index in [-0.39, 0.29) is 0 Å². The van der Waals surface area contributed by atoms with Gasteiger partial charge in [0.2, 0.25) is 0 Å². The molecule has 13 heavy (non-hydrogen) atoms. The molecular formula is C6H4ClN3S3. The van der Waals surface area contributed by atoms with E-state index >= 15 is 0 Å². The molecule has 0 saturated carbocycles. The van der Waals surface area contributed by atoms with Crippen molar-refractivity contribution < 1.29 is 0 Å². The number of hydrogen-bond acceptors (Lipinski definition) is 6. The summed E-state index contributed by atoms with van der Waals surface area (Å²) in [5.41, 5.74) is 0. The zero-order valence-electron chi connectivity index (χ0n) is 6.52. The van der Waals surface area contributed by atoms with Gasteiger partial charge in [-0.2, -0.15) is 0 Å². The number of nitrogens with zero attached hydrogens (tertiary/aromatic N) is 3. The Balaban J connectivity index is 2.14. The summed E-state index contributed by atoms with van der Waals surface area (Å²) in [6, 6.07) is 0.